The van der Waals surface area contributed by atoms with Crippen molar-refractivity contribution in [2.45, 2.75) is 23.7 Å². The summed E-state index contributed by atoms with van der Waals surface area (Å²) in [5.41, 5.74) is 21.9. The summed E-state index contributed by atoms with van der Waals surface area (Å²) in [5.74, 6) is 1.42. The van der Waals surface area contributed by atoms with Crippen LogP contribution in [0.1, 0.15) is 112 Å². The molecule has 0 amide bonds. The maximum Gasteiger partial charge on any atom is 0.238 e. The standard InChI is InChI=1S/C54H33N5.C48H30N4/c1-3-21-38-36(19-1)50-37-20-2-4-22-39(37)51(38)53-41(50)29-30-47-52(53)40-23-9-14-28-46(40)59(47)54-55-48(57-42-24-10-5-15-32(42)33-16-6-11-25-43(33)57)31-49(56-54)58-44-26-12-7-17-34(44)35-18-8-13-27-45(35)58;1-2-14-29(15-3-1)38-28-43(51-39-23-11-8-16-30(39)31-17-9-12-24-40(31)51)50-48(49-38)52-41-25-13-10-22-36(41)46-42(52)27-26-37-44-32-18-4-6-20-34(32)45(47(37)46)35-21-7-5-19-33(35)44/h1-31,50-51H;1-28,44-45H/i5D,6D,10D,11D,15D,16D,24D,25D;8D,9D,11D,12D,16D,17D,23D,24D. The predicted molar refractivity (Wildman–Crippen MR) is 451 cm³/mol. The van der Waals surface area contributed by atoms with Gasteiger partial charge in [0.1, 0.15) is 17.5 Å². The van der Waals surface area contributed by atoms with Gasteiger partial charge in [0.25, 0.3) is 0 Å². The van der Waals surface area contributed by atoms with Crippen LogP contribution in [0.25, 0.3) is 150 Å². The SMILES string of the molecule is [2H]c1c([2H])c([2H])c2c(c1[2H])c1c([2H])c([2H])c([2H])c([2H])c1n2-c1cc(-c2ccccc2)nc(-n2c3ccccc3c3c4c(ccc32)C2c3ccccc3C4c3ccccc32)n1.[2H]c1c([2H])c([2H])c2c(c1[2H])c1c([2H])c([2H])c([2H])c([2H])c1n2-c1cc(-n2c3ccccc3c3ccccc32)nc(-n2c3ccccc3c3c4c(ccc32)C2c3ccccc3C4c3ccccc32)n1. The molecule has 9 heteroatoms. The Balaban J connectivity index is 0.000000139. The first kappa shape index (κ1) is 47.2. The van der Waals surface area contributed by atoms with Gasteiger partial charge >= 0.3 is 0 Å². The van der Waals surface area contributed by atoms with Gasteiger partial charge in [0, 0.05) is 95.2 Å². The molecule has 6 aliphatic carbocycles. The minimum absolute atomic E-state index is 0.00342. The van der Waals surface area contributed by atoms with E-state index >= 15 is 0 Å². The van der Waals surface area contributed by atoms with Gasteiger partial charge in [-0.25, -0.2) is 4.98 Å². The number of hydrogen-bond donors (Lipinski definition) is 0. The average Bonchev–Trinajstić information content (AvgIpc) is 1.68. The van der Waals surface area contributed by atoms with E-state index in [1.165, 1.54) is 75.9 Å². The van der Waals surface area contributed by atoms with Crippen LogP contribution in [0.3, 0.4) is 0 Å². The first-order valence-corrected chi connectivity index (χ1v) is 37.1. The van der Waals surface area contributed by atoms with E-state index in [1.807, 2.05) is 95.6 Å². The van der Waals surface area contributed by atoms with Gasteiger partial charge in [-0.2, -0.15) is 15.0 Å². The zero-order valence-electron chi connectivity index (χ0n) is 74.7. The molecule has 0 unspecified atom stereocenters. The highest BCUT2D eigenvalue weighted by molar-refractivity contribution is 6.15. The highest BCUT2D eigenvalue weighted by Crippen LogP contribution is 2.60. The molecular formula is C102H63N9. The Bertz CT molecular complexity index is 8510. The maximum absolute atomic E-state index is 9.37. The second kappa shape index (κ2) is 23.0. The van der Waals surface area contributed by atoms with Gasteiger partial charge in [-0.15, -0.1) is 0 Å². The summed E-state index contributed by atoms with van der Waals surface area (Å²) in [6.07, 6.45) is 0. The molecule has 6 aliphatic rings. The molecule has 15 aromatic carbocycles. The number of fused-ring (bicyclic) bond motifs is 15. The summed E-state index contributed by atoms with van der Waals surface area (Å²) in [7, 11) is 0. The lowest BCUT2D eigenvalue weighted by molar-refractivity contribution is 0.761. The van der Waals surface area contributed by atoms with Crippen molar-refractivity contribution in [3.63, 3.8) is 0 Å². The number of benzene rings is 15. The molecule has 7 heterocycles. The molecule has 516 valence electrons. The highest BCUT2D eigenvalue weighted by Gasteiger charge is 2.45. The zero-order chi connectivity index (χ0) is 86.2. The topological polar surface area (TPSA) is 76.2 Å². The van der Waals surface area contributed by atoms with Gasteiger partial charge in [0.05, 0.1) is 82.8 Å². The van der Waals surface area contributed by atoms with Crippen molar-refractivity contribution >= 4 is 109 Å². The first-order valence-electron chi connectivity index (χ1n) is 45.1. The van der Waals surface area contributed by atoms with Crippen LogP contribution in [0.2, 0.25) is 0 Å². The van der Waals surface area contributed by atoms with E-state index in [9.17, 15) is 5.48 Å². The smallest absolute Gasteiger partial charge is 0.238 e. The van der Waals surface area contributed by atoms with Crippen molar-refractivity contribution in [3.8, 4) is 40.6 Å². The fourth-order valence-electron chi connectivity index (χ4n) is 19.5. The highest BCUT2D eigenvalue weighted by atomic mass is 15.2. The van der Waals surface area contributed by atoms with Gasteiger partial charge in [-0.3, -0.25) is 22.8 Å². The molecule has 7 aromatic heterocycles. The fraction of sp³-hybridized carbons (Fsp3) is 0.0392. The Morgan fingerprint density at radius 1 is 0.216 bits per heavy atom. The van der Waals surface area contributed by atoms with Crippen molar-refractivity contribution in [2.75, 3.05) is 0 Å². The van der Waals surface area contributed by atoms with Crippen LogP contribution in [-0.4, -0.2) is 42.8 Å². The van der Waals surface area contributed by atoms with Crippen molar-refractivity contribution in [3.05, 3.63) is 424 Å². The van der Waals surface area contributed by atoms with E-state index in [0.717, 1.165) is 71.0 Å². The lowest BCUT2D eigenvalue weighted by atomic mass is 9.60. The van der Waals surface area contributed by atoms with Crippen LogP contribution in [0, 0.1) is 0 Å². The second-order valence-electron chi connectivity index (χ2n) is 29.0. The van der Waals surface area contributed by atoms with Gasteiger partial charge in [-0.1, -0.05) is 285 Å². The van der Waals surface area contributed by atoms with Crippen LogP contribution in [0.5, 0.6) is 0 Å². The summed E-state index contributed by atoms with van der Waals surface area (Å²) in [6, 6.07) is 82.2. The number of para-hydroxylation sites is 8. The third-order valence-corrected chi connectivity index (χ3v) is 23.7. The molecule has 0 N–H and O–H groups in total. The third-order valence-electron chi connectivity index (χ3n) is 23.7. The number of aromatic nitrogens is 9. The van der Waals surface area contributed by atoms with Gasteiger partial charge in [-0.05, 0) is 127 Å². The first-order chi connectivity index (χ1) is 61.8. The molecule has 0 fully saturated rings. The lowest BCUT2D eigenvalue weighted by Gasteiger charge is -2.42. The molecule has 0 atom stereocenters. The molecule has 0 saturated heterocycles. The minimum atomic E-state index is -0.508. The molecular weight excluding hydrogens is 1350 g/mol. The van der Waals surface area contributed by atoms with Gasteiger partial charge < -0.3 is 0 Å². The van der Waals surface area contributed by atoms with E-state index in [2.05, 4.69) is 167 Å². The molecule has 9 nitrogen and oxygen atoms in total. The Morgan fingerprint density at radius 3 is 0.901 bits per heavy atom. The van der Waals surface area contributed by atoms with E-state index < -0.39 is 84.6 Å². The van der Waals surface area contributed by atoms with Crippen LogP contribution in [-0.2, 0) is 0 Å². The molecule has 111 heavy (non-hydrogen) atoms. The average molecular weight is 1430 g/mol. The maximum atomic E-state index is 9.37. The van der Waals surface area contributed by atoms with Crippen LogP contribution in [0.15, 0.2) is 358 Å². The Labute approximate surface area is 659 Å². The van der Waals surface area contributed by atoms with Gasteiger partial charge in [0.15, 0.2) is 0 Å². The lowest BCUT2D eigenvalue weighted by Crippen LogP contribution is -2.27. The molecule has 0 radical (unpaired) electrons. The Hall–Kier alpha value is -14.5. The number of rotatable bonds is 6. The van der Waals surface area contributed by atoms with Crippen LogP contribution >= 0.6 is 0 Å². The molecule has 22 aromatic rings. The van der Waals surface area contributed by atoms with Crippen molar-refractivity contribution in [1.82, 2.24) is 42.8 Å². The minimum Gasteiger partial charge on any atom is -0.294 e. The van der Waals surface area contributed by atoms with Crippen LogP contribution in [0.4, 0.5) is 0 Å². The summed E-state index contributed by atoms with van der Waals surface area (Å²) < 4.78 is 152. The van der Waals surface area contributed by atoms with Crippen molar-refractivity contribution in [1.29, 1.82) is 0 Å². The van der Waals surface area contributed by atoms with E-state index in [0.29, 0.717) is 11.5 Å². The third kappa shape index (κ3) is 8.38. The largest absolute Gasteiger partial charge is 0.294 e. The Kier molecular flexibility index (Phi) is 9.78. The van der Waals surface area contributed by atoms with Gasteiger partial charge in [0.2, 0.25) is 11.9 Å². The Morgan fingerprint density at radius 2 is 0.514 bits per heavy atom. The zero-order valence-corrected chi connectivity index (χ0v) is 58.7. The molecule has 0 aliphatic heterocycles. The fourth-order valence-corrected chi connectivity index (χ4v) is 19.5. The molecule has 4 bridgehead atoms. The van der Waals surface area contributed by atoms with Crippen molar-refractivity contribution in [2.24, 2.45) is 0 Å². The quantitative estimate of drug-likeness (QED) is 0.166. The molecule has 0 spiro atoms. The number of nitrogens with zero attached hydrogens (tertiary/aromatic N) is 9. The molecule has 0 saturated carbocycles. The van der Waals surface area contributed by atoms with Crippen molar-refractivity contribution < 1.29 is 21.9 Å². The molecule has 28 rings (SSSR count). The van der Waals surface area contributed by atoms with E-state index in [-0.39, 0.29) is 103 Å². The normalized spacial score (nSPS) is 17.6. The van der Waals surface area contributed by atoms with E-state index in [4.69, 9.17) is 36.4 Å². The predicted octanol–water partition coefficient (Wildman–Crippen LogP) is 24.1. The van der Waals surface area contributed by atoms with Crippen LogP contribution < -0.4 is 0 Å². The summed E-state index contributed by atoms with van der Waals surface area (Å²) >= 11 is 0. The number of hydrogen-bond acceptors (Lipinski definition) is 4. The summed E-state index contributed by atoms with van der Waals surface area (Å²) in [4.78, 5) is 21.3. The monoisotopic (exact) mass is 1430 g/mol. The summed E-state index contributed by atoms with van der Waals surface area (Å²) in [5, 5.41) is 6.16. The summed E-state index contributed by atoms with van der Waals surface area (Å²) in [6.45, 7) is 0. The second-order valence-corrected chi connectivity index (χ2v) is 29.0. The van der Waals surface area contributed by atoms with E-state index in [1.54, 1.807) is 12.1 Å².